The third kappa shape index (κ3) is 4.03. The van der Waals surface area contributed by atoms with Gasteiger partial charge in [0.25, 0.3) is 10.0 Å². The highest BCUT2D eigenvalue weighted by molar-refractivity contribution is 7.89. The maximum atomic E-state index is 13.5. The normalized spacial score (nSPS) is 29.2. The van der Waals surface area contributed by atoms with Crippen LogP contribution in [0.15, 0.2) is 53.4 Å². The fourth-order valence-corrected chi connectivity index (χ4v) is 5.94. The first-order valence-electron chi connectivity index (χ1n) is 11.1. The molecule has 2 bridgehead atoms. The summed E-state index contributed by atoms with van der Waals surface area (Å²) in [6.07, 6.45) is 0.711. The lowest BCUT2D eigenvalue weighted by Gasteiger charge is -2.52. The average molecular weight is 493 g/mol. The summed E-state index contributed by atoms with van der Waals surface area (Å²) in [5.41, 5.74) is -2.46. The molecule has 2 aromatic carbocycles. The zero-order chi connectivity index (χ0) is 24.8. The van der Waals surface area contributed by atoms with E-state index in [0.29, 0.717) is 12.0 Å². The first-order chi connectivity index (χ1) is 16.0. The molecule has 0 radical (unpaired) electrons. The topological polar surface area (TPSA) is 94.2 Å². The van der Waals surface area contributed by atoms with Gasteiger partial charge in [-0.2, -0.15) is 5.01 Å². The molecule has 0 spiro atoms. The van der Waals surface area contributed by atoms with Crippen molar-refractivity contribution in [1.82, 2.24) is 9.84 Å². The molecule has 0 aromatic heterocycles. The molecule has 2 saturated heterocycles. The Morgan fingerprint density at radius 1 is 1.09 bits per heavy atom. The van der Waals surface area contributed by atoms with Crippen molar-refractivity contribution in [3.05, 3.63) is 65.5 Å². The zero-order valence-electron chi connectivity index (χ0n) is 19.6. The van der Waals surface area contributed by atoms with Gasteiger partial charge in [0.15, 0.2) is 11.4 Å². The van der Waals surface area contributed by atoms with E-state index in [1.165, 1.54) is 29.3 Å². The number of sulfonamides is 1. The van der Waals surface area contributed by atoms with E-state index in [-0.39, 0.29) is 24.3 Å². The Morgan fingerprint density at radius 2 is 1.74 bits per heavy atom. The SMILES string of the molecule is CCOC(=O)C1(Cc2ccc(F)cc2)CCC2(C)OOC1(C)N2NS(=O)(=O)c1ccc(C)cc1. The molecule has 3 unspecified atom stereocenters. The van der Waals surface area contributed by atoms with Gasteiger partial charge in [-0.1, -0.05) is 29.8 Å². The summed E-state index contributed by atoms with van der Waals surface area (Å²) in [7, 11) is -4.03. The maximum Gasteiger partial charge on any atom is 0.316 e. The second-order valence-electron chi connectivity index (χ2n) is 9.17. The molecule has 0 aliphatic carbocycles. The van der Waals surface area contributed by atoms with Gasteiger partial charge in [-0.15, -0.1) is 4.83 Å². The van der Waals surface area contributed by atoms with Gasteiger partial charge in [0.2, 0.25) is 0 Å². The first kappa shape index (κ1) is 24.7. The zero-order valence-corrected chi connectivity index (χ0v) is 20.4. The van der Waals surface area contributed by atoms with Gasteiger partial charge in [-0.25, -0.2) is 22.6 Å². The molecule has 0 saturated carbocycles. The summed E-state index contributed by atoms with van der Waals surface area (Å²) in [5.74, 6) is -0.946. The lowest BCUT2D eigenvalue weighted by Crippen LogP contribution is -2.71. The van der Waals surface area contributed by atoms with Crippen LogP contribution in [0.1, 0.15) is 44.7 Å². The number of hydrogen-bond donors (Lipinski definition) is 1. The van der Waals surface area contributed by atoms with Crippen molar-refractivity contribution in [2.24, 2.45) is 5.41 Å². The van der Waals surface area contributed by atoms with Gasteiger partial charge in [-0.3, -0.25) is 4.79 Å². The van der Waals surface area contributed by atoms with Crippen molar-refractivity contribution in [3.63, 3.8) is 0 Å². The first-order valence-corrected chi connectivity index (χ1v) is 12.6. The molecule has 0 amide bonds. The van der Waals surface area contributed by atoms with Crippen molar-refractivity contribution < 1.29 is 32.1 Å². The number of esters is 1. The minimum Gasteiger partial charge on any atom is -0.465 e. The largest absolute Gasteiger partial charge is 0.465 e. The second kappa shape index (κ2) is 8.69. The maximum absolute atomic E-state index is 13.5. The van der Waals surface area contributed by atoms with Crippen LogP contribution >= 0.6 is 0 Å². The van der Waals surface area contributed by atoms with E-state index in [1.54, 1.807) is 45.0 Å². The number of carbonyl (C=O) groups is 1. The fourth-order valence-electron chi connectivity index (χ4n) is 4.73. The Kier molecular flexibility index (Phi) is 6.32. The lowest BCUT2D eigenvalue weighted by atomic mass is 9.66. The van der Waals surface area contributed by atoms with E-state index in [4.69, 9.17) is 14.5 Å². The monoisotopic (exact) mass is 492 g/mol. The summed E-state index contributed by atoms with van der Waals surface area (Å²) in [4.78, 5) is 27.6. The highest BCUT2D eigenvalue weighted by Gasteiger charge is 2.72. The van der Waals surface area contributed by atoms with Gasteiger partial charge < -0.3 is 4.74 Å². The van der Waals surface area contributed by atoms with Crippen LogP contribution < -0.4 is 4.83 Å². The van der Waals surface area contributed by atoms with E-state index < -0.39 is 38.7 Å². The molecule has 10 heteroatoms. The van der Waals surface area contributed by atoms with E-state index in [2.05, 4.69) is 4.83 Å². The quantitative estimate of drug-likeness (QED) is 0.466. The molecule has 2 aromatic rings. The number of benzene rings is 2. The molecule has 2 fully saturated rings. The van der Waals surface area contributed by atoms with Crippen molar-refractivity contribution >= 4 is 16.0 Å². The van der Waals surface area contributed by atoms with Crippen LogP contribution in [-0.2, 0) is 35.8 Å². The second-order valence-corrected chi connectivity index (χ2v) is 10.8. The number of rotatable bonds is 7. The number of hydrazine groups is 1. The molecule has 2 aliphatic rings. The number of nitrogens with one attached hydrogen (secondary N) is 1. The summed E-state index contributed by atoms with van der Waals surface area (Å²) in [6.45, 7) is 7.00. The molecular weight excluding hydrogens is 463 g/mol. The number of halogens is 1. The highest BCUT2D eigenvalue weighted by atomic mass is 32.2. The van der Waals surface area contributed by atoms with Gasteiger partial charge in [0, 0.05) is 0 Å². The lowest BCUT2D eigenvalue weighted by molar-refractivity contribution is -0.350. The minimum atomic E-state index is -4.03. The van der Waals surface area contributed by atoms with Crippen LogP contribution in [-0.4, -0.2) is 37.5 Å². The number of piperidine rings is 1. The summed E-state index contributed by atoms with van der Waals surface area (Å²) < 4.78 is 45.6. The van der Waals surface area contributed by atoms with Gasteiger partial charge in [0.1, 0.15) is 11.2 Å². The molecular formula is C24H29FN2O6S. The van der Waals surface area contributed by atoms with Crippen LogP contribution in [0.4, 0.5) is 4.39 Å². The third-order valence-electron chi connectivity index (χ3n) is 6.81. The molecule has 3 atom stereocenters. The Hall–Kier alpha value is -2.37. The Balaban J connectivity index is 1.77. The molecule has 2 aliphatic heterocycles. The standard InChI is InChI=1S/C24H29FN2O6S/c1-5-31-21(28)24(16-18-8-10-19(25)11-9-18)15-14-22(3)27(23(24,4)33-32-22)26-34(29,30)20-12-6-17(2)7-13-20/h6-13,26H,5,14-16H2,1-4H3. The number of nitrogens with zero attached hydrogens (tertiary/aromatic N) is 1. The van der Waals surface area contributed by atoms with E-state index in [1.807, 2.05) is 6.92 Å². The molecule has 1 N–H and O–H groups in total. The van der Waals surface area contributed by atoms with Crippen LogP contribution in [0.25, 0.3) is 0 Å². The number of carbonyl (C=O) groups excluding carboxylic acids is 1. The average Bonchev–Trinajstić information content (AvgIpc) is 2.97. The molecule has 2 heterocycles. The van der Waals surface area contributed by atoms with Crippen LogP contribution in [0.2, 0.25) is 0 Å². The van der Waals surface area contributed by atoms with E-state index >= 15 is 0 Å². The summed E-state index contributed by atoms with van der Waals surface area (Å²) in [5, 5.41) is 1.36. The van der Waals surface area contributed by atoms with E-state index in [0.717, 1.165) is 5.56 Å². The smallest absolute Gasteiger partial charge is 0.316 e. The van der Waals surface area contributed by atoms with E-state index in [9.17, 15) is 17.6 Å². The summed E-state index contributed by atoms with van der Waals surface area (Å²) in [6, 6.07) is 12.2. The van der Waals surface area contributed by atoms with Crippen LogP contribution in [0, 0.1) is 18.2 Å². The number of fused-ring (bicyclic) bond motifs is 2. The predicted molar refractivity (Wildman–Crippen MR) is 121 cm³/mol. The molecule has 184 valence electrons. The van der Waals surface area contributed by atoms with Crippen molar-refractivity contribution in [2.45, 2.75) is 63.3 Å². The van der Waals surface area contributed by atoms with Gasteiger partial charge in [0.05, 0.1) is 11.5 Å². The fraction of sp³-hybridized carbons (Fsp3) is 0.458. The molecule has 4 rings (SSSR count). The van der Waals surface area contributed by atoms with Crippen LogP contribution in [0.3, 0.4) is 0 Å². The number of aryl methyl sites for hydroxylation is 1. The number of hydrogen-bond acceptors (Lipinski definition) is 7. The highest BCUT2D eigenvalue weighted by Crippen LogP contribution is 2.57. The predicted octanol–water partition coefficient (Wildman–Crippen LogP) is 3.61. The van der Waals surface area contributed by atoms with Crippen LogP contribution in [0.5, 0.6) is 0 Å². The third-order valence-corrected chi connectivity index (χ3v) is 8.13. The van der Waals surface area contributed by atoms with Crippen molar-refractivity contribution in [3.8, 4) is 0 Å². The van der Waals surface area contributed by atoms with Gasteiger partial charge >= 0.3 is 5.97 Å². The molecule has 34 heavy (non-hydrogen) atoms. The molecule has 8 nitrogen and oxygen atoms in total. The Labute approximate surface area is 198 Å². The van der Waals surface area contributed by atoms with Gasteiger partial charge in [-0.05, 0) is 76.8 Å². The number of ether oxygens (including phenoxy) is 1. The minimum absolute atomic E-state index is 0.0653. The Morgan fingerprint density at radius 3 is 2.35 bits per heavy atom. The van der Waals surface area contributed by atoms with Crippen molar-refractivity contribution in [1.29, 1.82) is 0 Å². The van der Waals surface area contributed by atoms with Crippen molar-refractivity contribution in [2.75, 3.05) is 6.61 Å². The summed E-state index contributed by atoms with van der Waals surface area (Å²) >= 11 is 0. The Bertz CT molecular complexity index is 1170.